The molecule has 0 saturated carbocycles. The minimum Gasteiger partial charge on any atom is -0.453 e. The molecule has 108 valence electrons. The van der Waals surface area contributed by atoms with Crippen molar-refractivity contribution < 1.29 is 9.21 Å². The summed E-state index contributed by atoms with van der Waals surface area (Å²) in [6, 6.07) is 7.84. The van der Waals surface area contributed by atoms with Crippen LogP contribution in [0.5, 0.6) is 0 Å². The van der Waals surface area contributed by atoms with Gasteiger partial charge in [-0.2, -0.15) is 0 Å². The molecule has 0 N–H and O–H groups in total. The van der Waals surface area contributed by atoms with E-state index in [1.165, 1.54) is 0 Å². The number of carbonyl (C=O) groups is 1. The van der Waals surface area contributed by atoms with Crippen LogP contribution < -0.4 is 0 Å². The third-order valence-corrected chi connectivity index (χ3v) is 4.41. The maximum absolute atomic E-state index is 12.9. The Hall–Kier alpha value is -1.61. The number of rotatable bonds is 5. The summed E-state index contributed by atoms with van der Waals surface area (Å²) in [6.45, 7) is 6.10. The number of para-hydroxylation sites is 1. The van der Waals surface area contributed by atoms with Crippen molar-refractivity contribution >= 4 is 16.8 Å². The molecule has 0 bridgehead atoms. The number of ketones is 1. The highest BCUT2D eigenvalue weighted by Gasteiger charge is 2.39. The van der Waals surface area contributed by atoms with Gasteiger partial charge in [0.05, 0.1) is 5.54 Å². The van der Waals surface area contributed by atoms with Gasteiger partial charge in [0.1, 0.15) is 5.58 Å². The average Bonchev–Trinajstić information content (AvgIpc) is 2.85. The van der Waals surface area contributed by atoms with E-state index in [2.05, 4.69) is 13.8 Å². The standard InChI is InChI=1S/C17H23NO2/c1-6-17(7-2,18(4)5)16(19)14-11-13-10-8-9-12(3)15(13)20-14/h8-11H,6-7H2,1-5H3. The molecule has 20 heavy (non-hydrogen) atoms. The minimum atomic E-state index is -0.484. The van der Waals surface area contributed by atoms with Crippen LogP contribution in [0.1, 0.15) is 42.8 Å². The van der Waals surface area contributed by atoms with Crippen molar-refractivity contribution in [3.8, 4) is 0 Å². The van der Waals surface area contributed by atoms with Gasteiger partial charge in [-0.25, -0.2) is 0 Å². The van der Waals surface area contributed by atoms with Gasteiger partial charge in [0.15, 0.2) is 5.76 Å². The fraction of sp³-hybridized carbons (Fsp3) is 0.471. The van der Waals surface area contributed by atoms with Crippen molar-refractivity contribution in [3.63, 3.8) is 0 Å². The highest BCUT2D eigenvalue weighted by molar-refractivity contribution is 6.03. The molecular weight excluding hydrogens is 250 g/mol. The molecule has 2 aromatic rings. The lowest BCUT2D eigenvalue weighted by atomic mass is 9.85. The first-order valence-electron chi connectivity index (χ1n) is 7.17. The molecule has 2 rings (SSSR count). The molecule has 0 radical (unpaired) electrons. The molecule has 0 aliphatic rings. The molecule has 0 unspecified atom stereocenters. The second-order valence-corrected chi connectivity index (χ2v) is 5.57. The van der Waals surface area contributed by atoms with Crippen LogP contribution >= 0.6 is 0 Å². The van der Waals surface area contributed by atoms with Crippen molar-refractivity contribution in [2.45, 2.75) is 39.2 Å². The zero-order valence-corrected chi connectivity index (χ0v) is 13.0. The number of benzene rings is 1. The van der Waals surface area contributed by atoms with Crippen LogP contribution in [0.4, 0.5) is 0 Å². The predicted molar refractivity (Wildman–Crippen MR) is 82.3 cm³/mol. The highest BCUT2D eigenvalue weighted by Crippen LogP contribution is 2.30. The summed E-state index contributed by atoms with van der Waals surface area (Å²) in [7, 11) is 3.91. The van der Waals surface area contributed by atoms with E-state index in [1.807, 2.05) is 50.2 Å². The van der Waals surface area contributed by atoms with Gasteiger partial charge >= 0.3 is 0 Å². The first kappa shape index (κ1) is 14.8. The predicted octanol–water partition coefficient (Wildman–Crippen LogP) is 4.04. The molecule has 0 aliphatic heterocycles. The lowest BCUT2D eigenvalue weighted by Crippen LogP contribution is -2.50. The van der Waals surface area contributed by atoms with Crippen molar-refractivity contribution in [1.82, 2.24) is 4.90 Å². The largest absolute Gasteiger partial charge is 0.453 e. The number of likely N-dealkylation sites (N-methyl/N-ethyl adjacent to an activating group) is 1. The van der Waals surface area contributed by atoms with E-state index in [0.717, 1.165) is 29.4 Å². The van der Waals surface area contributed by atoms with Crippen molar-refractivity contribution in [1.29, 1.82) is 0 Å². The maximum Gasteiger partial charge on any atom is 0.218 e. The molecule has 0 spiro atoms. The molecular formula is C17H23NO2. The summed E-state index contributed by atoms with van der Waals surface area (Å²) in [5.74, 6) is 0.537. The van der Waals surface area contributed by atoms with Gasteiger partial charge in [0.2, 0.25) is 5.78 Å². The van der Waals surface area contributed by atoms with Crippen LogP contribution in [0.2, 0.25) is 0 Å². The lowest BCUT2D eigenvalue weighted by molar-refractivity contribution is 0.0628. The zero-order valence-electron chi connectivity index (χ0n) is 13.0. The summed E-state index contributed by atoms with van der Waals surface area (Å²) < 4.78 is 5.84. The first-order chi connectivity index (χ1) is 9.46. The number of hydrogen-bond donors (Lipinski definition) is 0. The maximum atomic E-state index is 12.9. The fourth-order valence-electron chi connectivity index (χ4n) is 2.96. The van der Waals surface area contributed by atoms with Gasteiger partial charge in [-0.3, -0.25) is 9.69 Å². The Morgan fingerprint density at radius 1 is 1.25 bits per heavy atom. The molecule has 1 aromatic carbocycles. The SMILES string of the molecule is CCC(CC)(C(=O)c1cc2cccc(C)c2o1)N(C)C. The van der Waals surface area contributed by atoms with Crippen LogP contribution in [0, 0.1) is 6.92 Å². The average molecular weight is 273 g/mol. The molecule has 1 aromatic heterocycles. The first-order valence-corrected chi connectivity index (χ1v) is 7.17. The van der Waals surface area contributed by atoms with Crippen molar-refractivity contribution in [2.24, 2.45) is 0 Å². The molecule has 3 nitrogen and oxygen atoms in total. The van der Waals surface area contributed by atoms with Gasteiger partial charge < -0.3 is 4.42 Å². The molecule has 0 amide bonds. The van der Waals surface area contributed by atoms with E-state index in [4.69, 9.17) is 4.42 Å². The van der Waals surface area contributed by atoms with Gasteiger partial charge in [-0.15, -0.1) is 0 Å². The van der Waals surface area contributed by atoms with E-state index in [1.54, 1.807) is 0 Å². The van der Waals surface area contributed by atoms with Crippen LogP contribution in [-0.4, -0.2) is 30.3 Å². The van der Waals surface area contributed by atoms with Gasteiger partial charge in [-0.05, 0) is 45.5 Å². The quantitative estimate of drug-likeness (QED) is 0.771. The van der Waals surface area contributed by atoms with Gasteiger partial charge in [-0.1, -0.05) is 32.0 Å². The smallest absolute Gasteiger partial charge is 0.218 e. The Kier molecular flexibility index (Phi) is 4.00. The van der Waals surface area contributed by atoms with E-state index in [0.29, 0.717) is 5.76 Å². The summed E-state index contributed by atoms with van der Waals surface area (Å²) >= 11 is 0. The number of hydrogen-bond acceptors (Lipinski definition) is 3. The Morgan fingerprint density at radius 3 is 2.40 bits per heavy atom. The van der Waals surface area contributed by atoms with Crippen LogP contribution in [0.3, 0.4) is 0 Å². The molecule has 0 atom stereocenters. The molecule has 3 heteroatoms. The summed E-state index contributed by atoms with van der Waals surface area (Å²) in [5, 5.41) is 0.994. The summed E-state index contributed by atoms with van der Waals surface area (Å²) in [6.07, 6.45) is 1.54. The Labute approximate surface area is 120 Å². The Balaban J connectivity index is 2.52. The zero-order chi connectivity index (χ0) is 14.9. The van der Waals surface area contributed by atoms with Gasteiger partial charge in [0, 0.05) is 5.39 Å². The molecule has 0 saturated heterocycles. The topological polar surface area (TPSA) is 33.5 Å². The number of Topliss-reactive ketones (excluding diaryl/α,β-unsaturated/α-hetero) is 1. The second kappa shape index (κ2) is 5.41. The van der Waals surface area contributed by atoms with Gasteiger partial charge in [0.25, 0.3) is 0 Å². The van der Waals surface area contributed by atoms with E-state index in [-0.39, 0.29) is 5.78 Å². The van der Waals surface area contributed by atoms with Crippen LogP contribution in [0.25, 0.3) is 11.0 Å². The minimum absolute atomic E-state index is 0.0723. The molecule has 0 aliphatic carbocycles. The van der Waals surface area contributed by atoms with E-state index in [9.17, 15) is 4.79 Å². The number of nitrogens with zero attached hydrogens (tertiary/aromatic N) is 1. The third-order valence-electron chi connectivity index (χ3n) is 4.41. The summed E-state index contributed by atoms with van der Waals surface area (Å²) in [4.78, 5) is 14.9. The van der Waals surface area contributed by atoms with Crippen LogP contribution in [0.15, 0.2) is 28.7 Å². The summed E-state index contributed by atoms with van der Waals surface area (Å²) in [5.41, 5.74) is 1.39. The number of fused-ring (bicyclic) bond motifs is 1. The number of aryl methyl sites for hydroxylation is 1. The van der Waals surface area contributed by atoms with Crippen molar-refractivity contribution in [3.05, 3.63) is 35.6 Å². The second-order valence-electron chi connectivity index (χ2n) is 5.57. The van der Waals surface area contributed by atoms with Crippen molar-refractivity contribution in [2.75, 3.05) is 14.1 Å². The van der Waals surface area contributed by atoms with Crippen LogP contribution in [-0.2, 0) is 0 Å². The lowest BCUT2D eigenvalue weighted by Gasteiger charge is -2.36. The number of furan rings is 1. The monoisotopic (exact) mass is 273 g/mol. The Morgan fingerprint density at radius 2 is 1.90 bits per heavy atom. The molecule has 1 heterocycles. The number of carbonyl (C=O) groups excluding carboxylic acids is 1. The Bertz CT molecular complexity index is 621. The van der Waals surface area contributed by atoms with E-state index >= 15 is 0 Å². The fourth-order valence-corrected chi connectivity index (χ4v) is 2.96. The third kappa shape index (κ3) is 2.16. The highest BCUT2D eigenvalue weighted by atomic mass is 16.3. The normalized spacial score (nSPS) is 12.3. The molecule has 0 fully saturated rings. The van der Waals surface area contributed by atoms with E-state index < -0.39 is 5.54 Å².